The molecule has 1 aliphatic rings. The molecule has 0 spiro atoms. The molecule has 2 aromatic carbocycles. The third-order valence-electron chi connectivity index (χ3n) is 4.80. The van der Waals surface area contributed by atoms with Crippen LogP contribution in [0.1, 0.15) is 11.5 Å². The van der Waals surface area contributed by atoms with Gasteiger partial charge in [0.25, 0.3) is 0 Å². The van der Waals surface area contributed by atoms with Crippen molar-refractivity contribution in [1.82, 2.24) is 19.4 Å². The molecule has 1 fully saturated rings. The molecule has 0 atom stereocenters. The third-order valence-corrected chi connectivity index (χ3v) is 6.72. The predicted octanol–water partition coefficient (Wildman–Crippen LogP) is 2.55. The second kappa shape index (κ2) is 7.83. The Morgan fingerprint density at radius 2 is 1.71 bits per heavy atom. The van der Waals surface area contributed by atoms with Crippen molar-refractivity contribution in [3.05, 3.63) is 66.1 Å². The van der Waals surface area contributed by atoms with E-state index in [1.807, 2.05) is 37.3 Å². The molecule has 2 heterocycles. The number of aryl methyl sites for hydroxylation is 1. The Labute approximate surface area is 164 Å². The lowest BCUT2D eigenvalue weighted by molar-refractivity contribution is 0.168. The summed E-state index contributed by atoms with van der Waals surface area (Å²) in [7, 11) is -3.44. The van der Waals surface area contributed by atoms with Crippen LogP contribution in [0.2, 0.25) is 0 Å². The Hall–Kier alpha value is -2.55. The fourth-order valence-corrected chi connectivity index (χ4v) is 4.72. The van der Waals surface area contributed by atoms with Crippen LogP contribution in [0, 0.1) is 6.92 Å². The van der Waals surface area contributed by atoms with E-state index in [-0.39, 0.29) is 0 Å². The van der Waals surface area contributed by atoms with Gasteiger partial charge in [0.2, 0.25) is 21.8 Å². The maximum atomic E-state index is 12.7. The standard InChI is InChI=1S/C20H22N4O3S/c1-16-6-5-7-17(14-16)20-22-21-19(27-20)15-23-10-12-24(13-11-23)28(25,26)18-8-3-2-4-9-18/h2-9,14H,10-13,15H2,1H3. The smallest absolute Gasteiger partial charge is 0.247 e. The number of sulfonamides is 1. The molecule has 1 saturated heterocycles. The van der Waals surface area contributed by atoms with Crippen molar-refractivity contribution in [1.29, 1.82) is 0 Å². The summed E-state index contributed by atoms with van der Waals surface area (Å²) in [5.74, 6) is 1.04. The molecule has 0 aliphatic carbocycles. The highest BCUT2D eigenvalue weighted by molar-refractivity contribution is 7.89. The Bertz CT molecular complexity index is 1040. The van der Waals surface area contributed by atoms with E-state index < -0.39 is 10.0 Å². The minimum absolute atomic E-state index is 0.336. The monoisotopic (exact) mass is 398 g/mol. The number of rotatable bonds is 5. The van der Waals surface area contributed by atoms with E-state index in [1.54, 1.807) is 24.3 Å². The van der Waals surface area contributed by atoms with Crippen molar-refractivity contribution in [2.24, 2.45) is 0 Å². The van der Waals surface area contributed by atoms with Crippen LogP contribution in [-0.4, -0.2) is 54.0 Å². The van der Waals surface area contributed by atoms with Crippen molar-refractivity contribution in [3.63, 3.8) is 0 Å². The van der Waals surface area contributed by atoms with E-state index in [0.29, 0.717) is 49.4 Å². The van der Waals surface area contributed by atoms with Gasteiger partial charge in [-0.1, -0.05) is 35.9 Å². The number of benzene rings is 2. The summed E-state index contributed by atoms with van der Waals surface area (Å²) in [4.78, 5) is 2.47. The first kappa shape index (κ1) is 18.8. The van der Waals surface area contributed by atoms with E-state index in [9.17, 15) is 8.42 Å². The van der Waals surface area contributed by atoms with Crippen LogP contribution in [0.25, 0.3) is 11.5 Å². The number of aromatic nitrogens is 2. The molecular weight excluding hydrogens is 376 g/mol. The normalized spacial score (nSPS) is 16.3. The highest BCUT2D eigenvalue weighted by Crippen LogP contribution is 2.21. The first-order chi connectivity index (χ1) is 13.5. The van der Waals surface area contributed by atoms with Crippen LogP contribution in [0.15, 0.2) is 63.9 Å². The maximum absolute atomic E-state index is 12.7. The summed E-state index contributed by atoms with van der Waals surface area (Å²) in [5.41, 5.74) is 2.03. The molecule has 1 aromatic heterocycles. The summed E-state index contributed by atoms with van der Waals surface area (Å²) in [6, 6.07) is 16.5. The quantitative estimate of drug-likeness (QED) is 0.657. The molecule has 0 amide bonds. The van der Waals surface area contributed by atoms with Crippen LogP contribution in [0.4, 0.5) is 0 Å². The summed E-state index contributed by atoms with van der Waals surface area (Å²) in [5, 5.41) is 8.28. The maximum Gasteiger partial charge on any atom is 0.247 e. The lowest BCUT2D eigenvalue weighted by atomic mass is 10.1. The number of hydrogen-bond donors (Lipinski definition) is 0. The Kier molecular flexibility index (Phi) is 5.25. The molecule has 0 saturated carbocycles. The van der Waals surface area contributed by atoms with Crippen LogP contribution in [0.3, 0.4) is 0 Å². The van der Waals surface area contributed by atoms with E-state index in [2.05, 4.69) is 15.1 Å². The molecule has 0 bridgehead atoms. The Balaban J connectivity index is 1.38. The van der Waals surface area contributed by atoms with Gasteiger partial charge in [0.1, 0.15) is 0 Å². The summed E-state index contributed by atoms with van der Waals surface area (Å²) in [6.45, 7) is 4.65. The molecule has 0 unspecified atom stereocenters. The van der Waals surface area contributed by atoms with Crippen molar-refractivity contribution in [3.8, 4) is 11.5 Å². The lowest BCUT2D eigenvalue weighted by Gasteiger charge is -2.33. The fraction of sp³-hybridized carbons (Fsp3) is 0.300. The first-order valence-electron chi connectivity index (χ1n) is 9.19. The molecule has 4 rings (SSSR count). The molecule has 146 valence electrons. The van der Waals surface area contributed by atoms with Crippen molar-refractivity contribution < 1.29 is 12.8 Å². The number of hydrogen-bond acceptors (Lipinski definition) is 6. The first-order valence-corrected chi connectivity index (χ1v) is 10.6. The summed E-state index contributed by atoms with van der Waals surface area (Å²) >= 11 is 0. The SMILES string of the molecule is Cc1cccc(-c2nnc(CN3CCN(S(=O)(=O)c4ccccc4)CC3)o2)c1. The highest BCUT2D eigenvalue weighted by Gasteiger charge is 2.28. The van der Waals surface area contributed by atoms with Gasteiger partial charge in [0, 0.05) is 31.7 Å². The van der Waals surface area contributed by atoms with Crippen LogP contribution < -0.4 is 0 Å². The van der Waals surface area contributed by atoms with Crippen LogP contribution >= 0.6 is 0 Å². The zero-order valence-electron chi connectivity index (χ0n) is 15.7. The summed E-state index contributed by atoms with van der Waals surface area (Å²) < 4.78 is 32.7. The number of nitrogens with zero attached hydrogens (tertiary/aromatic N) is 4. The Morgan fingerprint density at radius 3 is 2.43 bits per heavy atom. The van der Waals surface area contributed by atoms with Gasteiger partial charge in [0.15, 0.2) is 0 Å². The zero-order valence-corrected chi connectivity index (χ0v) is 16.5. The molecule has 8 heteroatoms. The van der Waals surface area contributed by atoms with Gasteiger partial charge in [-0.15, -0.1) is 10.2 Å². The fourth-order valence-electron chi connectivity index (χ4n) is 3.27. The van der Waals surface area contributed by atoms with E-state index in [4.69, 9.17) is 4.42 Å². The van der Waals surface area contributed by atoms with Crippen molar-refractivity contribution >= 4 is 10.0 Å². The Morgan fingerprint density at radius 1 is 0.964 bits per heavy atom. The van der Waals surface area contributed by atoms with Crippen LogP contribution in [0.5, 0.6) is 0 Å². The summed E-state index contributed by atoms with van der Waals surface area (Å²) in [6.07, 6.45) is 0. The minimum Gasteiger partial charge on any atom is -0.419 e. The van der Waals surface area contributed by atoms with Gasteiger partial charge in [0.05, 0.1) is 11.4 Å². The molecule has 0 radical (unpaired) electrons. The van der Waals surface area contributed by atoms with Gasteiger partial charge >= 0.3 is 0 Å². The highest BCUT2D eigenvalue weighted by atomic mass is 32.2. The van der Waals surface area contributed by atoms with Gasteiger partial charge < -0.3 is 4.42 Å². The molecule has 3 aromatic rings. The third kappa shape index (κ3) is 3.99. The molecule has 1 aliphatic heterocycles. The topological polar surface area (TPSA) is 79.5 Å². The van der Waals surface area contributed by atoms with E-state index >= 15 is 0 Å². The second-order valence-electron chi connectivity index (χ2n) is 6.86. The average Bonchev–Trinajstić information content (AvgIpc) is 3.18. The lowest BCUT2D eigenvalue weighted by Crippen LogP contribution is -2.48. The predicted molar refractivity (Wildman–Crippen MR) is 105 cm³/mol. The van der Waals surface area contributed by atoms with E-state index in [0.717, 1.165) is 11.1 Å². The molecule has 28 heavy (non-hydrogen) atoms. The van der Waals surface area contributed by atoms with E-state index in [1.165, 1.54) is 4.31 Å². The van der Waals surface area contributed by atoms with Gasteiger partial charge in [-0.25, -0.2) is 8.42 Å². The zero-order chi connectivity index (χ0) is 19.6. The molecule has 0 N–H and O–H groups in total. The average molecular weight is 398 g/mol. The van der Waals surface area contributed by atoms with Gasteiger partial charge in [-0.3, -0.25) is 4.90 Å². The number of piperazine rings is 1. The molecule has 7 nitrogen and oxygen atoms in total. The largest absolute Gasteiger partial charge is 0.419 e. The van der Waals surface area contributed by atoms with Gasteiger partial charge in [-0.2, -0.15) is 4.31 Å². The van der Waals surface area contributed by atoms with Crippen molar-refractivity contribution in [2.45, 2.75) is 18.4 Å². The molecular formula is C20H22N4O3S. The minimum atomic E-state index is -3.44. The van der Waals surface area contributed by atoms with Gasteiger partial charge in [-0.05, 0) is 31.2 Å². The second-order valence-corrected chi connectivity index (χ2v) is 8.80. The van der Waals surface area contributed by atoms with Crippen molar-refractivity contribution in [2.75, 3.05) is 26.2 Å². The van der Waals surface area contributed by atoms with Crippen LogP contribution in [-0.2, 0) is 16.6 Å².